The summed E-state index contributed by atoms with van der Waals surface area (Å²) in [4.78, 5) is 21.3. The number of nitro benzene ring substituents is 1. The summed E-state index contributed by atoms with van der Waals surface area (Å²) in [7, 11) is 0. The molecule has 5 nitrogen and oxygen atoms in total. The molecule has 0 atom stereocenters. The summed E-state index contributed by atoms with van der Waals surface area (Å²) in [6.45, 7) is 6.08. The summed E-state index contributed by atoms with van der Waals surface area (Å²) < 4.78 is 27.2. The third kappa shape index (κ3) is 3.97. The Kier molecular flexibility index (Phi) is 4.75. The van der Waals surface area contributed by atoms with Crippen LogP contribution in [0.1, 0.15) is 37.6 Å². The quantitative estimate of drug-likeness (QED) is 0.683. The Balaban J connectivity index is 2.93. The van der Waals surface area contributed by atoms with Gasteiger partial charge in [0.1, 0.15) is 11.4 Å². The van der Waals surface area contributed by atoms with E-state index in [9.17, 15) is 23.7 Å². The van der Waals surface area contributed by atoms with Crippen LogP contribution < -0.4 is 5.32 Å². The van der Waals surface area contributed by atoms with Crippen LogP contribution in [-0.2, 0) is 0 Å². The molecule has 0 aromatic heterocycles. The van der Waals surface area contributed by atoms with E-state index in [1.54, 1.807) is 0 Å². The molecule has 0 heterocycles. The first-order valence-electron chi connectivity index (χ1n) is 6.04. The SMILES string of the molecule is CC(C)(C)CCNC(=O)c1c(F)ccc([N+](=O)[O-])c1F. The monoisotopic (exact) mass is 286 g/mol. The molecule has 0 fully saturated rings. The van der Waals surface area contributed by atoms with E-state index < -0.39 is 33.7 Å². The maximum atomic E-state index is 13.8. The highest BCUT2D eigenvalue weighted by Gasteiger charge is 2.26. The molecule has 110 valence electrons. The number of amides is 1. The van der Waals surface area contributed by atoms with Crippen molar-refractivity contribution in [1.82, 2.24) is 5.32 Å². The molecule has 1 rings (SSSR count). The first kappa shape index (κ1) is 16.0. The number of halogens is 2. The maximum absolute atomic E-state index is 13.8. The van der Waals surface area contributed by atoms with E-state index in [0.29, 0.717) is 18.6 Å². The Morgan fingerprint density at radius 3 is 2.45 bits per heavy atom. The van der Waals surface area contributed by atoms with Crippen molar-refractivity contribution < 1.29 is 18.5 Å². The van der Waals surface area contributed by atoms with Gasteiger partial charge in [-0.3, -0.25) is 14.9 Å². The van der Waals surface area contributed by atoms with E-state index in [0.717, 1.165) is 0 Å². The van der Waals surface area contributed by atoms with Crippen molar-refractivity contribution in [3.05, 3.63) is 39.4 Å². The molecule has 0 unspecified atom stereocenters. The Morgan fingerprint density at radius 2 is 1.95 bits per heavy atom. The van der Waals surface area contributed by atoms with E-state index in [1.807, 2.05) is 20.8 Å². The van der Waals surface area contributed by atoms with Crippen LogP contribution in [0.3, 0.4) is 0 Å². The molecule has 0 aliphatic rings. The first-order valence-corrected chi connectivity index (χ1v) is 6.04. The van der Waals surface area contributed by atoms with Gasteiger partial charge in [-0.15, -0.1) is 0 Å². The lowest BCUT2D eigenvalue weighted by molar-refractivity contribution is -0.387. The molecule has 1 aromatic rings. The second-order valence-corrected chi connectivity index (χ2v) is 5.58. The van der Waals surface area contributed by atoms with E-state index in [4.69, 9.17) is 0 Å². The Bertz CT molecular complexity index is 539. The molecular formula is C13H16F2N2O3. The third-order valence-electron chi connectivity index (χ3n) is 2.66. The van der Waals surface area contributed by atoms with Gasteiger partial charge < -0.3 is 5.32 Å². The number of carbonyl (C=O) groups is 1. The zero-order chi connectivity index (χ0) is 15.5. The summed E-state index contributed by atoms with van der Waals surface area (Å²) in [6.07, 6.45) is 0.608. The number of nitrogens with one attached hydrogen (secondary N) is 1. The lowest BCUT2D eigenvalue weighted by Crippen LogP contribution is -2.29. The van der Waals surface area contributed by atoms with Crippen LogP contribution >= 0.6 is 0 Å². The molecule has 0 radical (unpaired) electrons. The lowest BCUT2D eigenvalue weighted by Gasteiger charge is -2.18. The van der Waals surface area contributed by atoms with Gasteiger partial charge in [-0.1, -0.05) is 20.8 Å². The van der Waals surface area contributed by atoms with Crippen LogP contribution in [0.25, 0.3) is 0 Å². The highest BCUT2D eigenvalue weighted by atomic mass is 19.1. The van der Waals surface area contributed by atoms with Crippen LogP contribution in [0.5, 0.6) is 0 Å². The molecular weight excluding hydrogens is 270 g/mol. The van der Waals surface area contributed by atoms with Gasteiger partial charge in [-0.2, -0.15) is 4.39 Å². The second kappa shape index (κ2) is 5.94. The normalized spacial score (nSPS) is 11.2. The topological polar surface area (TPSA) is 72.2 Å². The second-order valence-electron chi connectivity index (χ2n) is 5.58. The molecule has 0 spiro atoms. The molecule has 0 bridgehead atoms. The van der Waals surface area contributed by atoms with Crippen molar-refractivity contribution in [1.29, 1.82) is 0 Å². The van der Waals surface area contributed by atoms with Crippen LogP contribution in [0.15, 0.2) is 12.1 Å². The van der Waals surface area contributed by atoms with E-state index >= 15 is 0 Å². The summed E-state index contributed by atoms with van der Waals surface area (Å²) in [5.74, 6) is -3.57. The average molecular weight is 286 g/mol. The number of hydrogen-bond acceptors (Lipinski definition) is 3. The fourth-order valence-corrected chi connectivity index (χ4v) is 1.53. The van der Waals surface area contributed by atoms with Crippen molar-refractivity contribution in [2.45, 2.75) is 27.2 Å². The van der Waals surface area contributed by atoms with Crippen molar-refractivity contribution in [3.63, 3.8) is 0 Å². The van der Waals surface area contributed by atoms with Crippen molar-refractivity contribution in [3.8, 4) is 0 Å². The smallest absolute Gasteiger partial charge is 0.305 e. The summed E-state index contributed by atoms with van der Waals surface area (Å²) >= 11 is 0. The van der Waals surface area contributed by atoms with E-state index in [-0.39, 0.29) is 12.0 Å². The van der Waals surface area contributed by atoms with Crippen molar-refractivity contribution in [2.24, 2.45) is 5.41 Å². The van der Waals surface area contributed by atoms with Crippen LogP contribution in [0.2, 0.25) is 0 Å². The summed E-state index contributed by atoms with van der Waals surface area (Å²) in [5, 5.41) is 12.9. The fraction of sp³-hybridized carbons (Fsp3) is 0.462. The van der Waals surface area contributed by atoms with Gasteiger partial charge in [0.2, 0.25) is 5.82 Å². The van der Waals surface area contributed by atoms with Crippen LogP contribution in [-0.4, -0.2) is 17.4 Å². The minimum absolute atomic E-state index is 0.0486. The van der Waals surface area contributed by atoms with Crippen molar-refractivity contribution in [2.75, 3.05) is 6.54 Å². The van der Waals surface area contributed by atoms with Gasteiger partial charge in [0.05, 0.1) is 4.92 Å². The Hall–Kier alpha value is -2.05. The van der Waals surface area contributed by atoms with E-state index in [1.165, 1.54) is 0 Å². The Morgan fingerprint density at radius 1 is 1.35 bits per heavy atom. The van der Waals surface area contributed by atoms with Gasteiger partial charge in [-0.25, -0.2) is 4.39 Å². The minimum Gasteiger partial charge on any atom is -0.352 e. The van der Waals surface area contributed by atoms with Crippen LogP contribution in [0.4, 0.5) is 14.5 Å². The summed E-state index contributed by atoms with van der Waals surface area (Å²) in [6, 6.07) is 1.40. The molecule has 7 heteroatoms. The third-order valence-corrected chi connectivity index (χ3v) is 2.66. The van der Waals surface area contributed by atoms with Gasteiger partial charge in [0.15, 0.2) is 0 Å². The molecule has 1 aromatic carbocycles. The van der Waals surface area contributed by atoms with Gasteiger partial charge >= 0.3 is 5.69 Å². The number of benzene rings is 1. The van der Waals surface area contributed by atoms with Gasteiger partial charge in [0, 0.05) is 12.6 Å². The average Bonchev–Trinajstić information content (AvgIpc) is 2.26. The van der Waals surface area contributed by atoms with Gasteiger partial charge in [-0.05, 0) is 17.9 Å². The maximum Gasteiger partial charge on any atom is 0.305 e. The zero-order valence-corrected chi connectivity index (χ0v) is 11.5. The van der Waals surface area contributed by atoms with E-state index in [2.05, 4.69) is 5.32 Å². The molecule has 1 N–H and O–H groups in total. The number of nitro groups is 1. The molecule has 20 heavy (non-hydrogen) atoms. The predicted octanol–water partition coefficient (Wildman–Crippen LogP) is 3.04. The number of nitrogens with zero attached hydrogens (tertiary/aromatic N) is 1. The summed E-state index contributed by atoms with van der Waals surface area (Å²) in [5.41, 5.74) is -1.90. The first-order chi connectivity index (χ1) is 9.13. The molecule has 1 amide bonds. The molecule has 0 saturated carbocycles. The van der Waals surface area contributed by atoms with Crippen molar-refractivity contribution >= 4 is 11.6 Å². The molecule has 0 aliphatic heterocycles. The standard InChI is InChI=1S/C13H16F2N2O3/c1-13(2,3)6-7-16-12(18)10-8(14)4-5-9(11(10)15)17(19)20/h4-5H,6-7H2,1-3H3,(H,16,18). The number of rotatable bonds is 4. The highest BCUT2D eigenvalue weighted by Crippen LogP contribution is 2.23. The Labute approximate surface area is 115 Å². The number of carbonyl (C=O) groups excluding carboxylic acids is 1. The van der Waals surface area contributed by atoms with Crippen LogP contribution in [0, 0.1) is 27.2 Å². The van der Waals surface area contributed by atoms with Gasteiger partial charge in [0.25, 0.3) is 5.91 Å². The molecule has 0 aliphatic carbocycles. The highest BCUT2D eigenvalue weighted by molar-refractivity contribution is 5.95. The minimum atomic E-state index is -1.46. The molecule has 0 saturated heterocycles. The largest absolute Gasteiger partial charge is 0.352 e. The zero-order valence-electron chi connectivity index (χ0n) is 11.5. The number of hydrogen-bond donors (Lipinski definition) is 1. The fourth-order valence-electron chi connectivity index (χ4n) is 1.53. The predicted molar refractivity (Wildman–Crippen MR) is 69.4 cm³/mol. The lowest BCUT2D eigenvalue weighted by atomic mass is 9.92.